The van der Waals surface area contributed by atoms with Gasteiger partial charge in [-0.1, -0.05) is 80.9 Å². The molecule has 0 aliphatic rings. The van der Waals surface area contributed by atoms with Gasteiger partial charge in [0.15, 0.2) is 0 Å². The van der Waals surface area contributed by atoms with Crippen LogP contribution in [0.1, 0.15) is 81.6 Å². The van der Waals surface area contributed by atoms with Gasteiger partial charge in [0.2, 0.25) is 5.24 Å². The van der Waals surface area contributed by atoms with E-state index < -0.39 is 5.41 Å². The Labute approximate surface area is 137 Å². The molecule has 0 aliphatic heterocycles. The second kappa shape index (κ2) is 6.86. The fourth-order valence-electron chi connectivity index (χ4n) is 3.14. The van der Waals surface area contributed by atoms with Gasteiger partial charge in [-0.25, -0.2) is 0 Å². The van der Waals surface area contributed by atoms with E-state index in [2.05, 4.69) is 60.6 Å². The normalized spacial score (nSPS) is 14.8. The van der Waals surface area contributed by atoms with Gasteiger partial charge in [-0.2, -0.15) is 0 Å². The van der Waals surface area contributed by atoms with Crippen LogP contribution in [0.5, 0.6) is 0 Å². The molecular weight excluding hydrogens is 280 g/mol. The van der Waals surface area contributed by atoms with Gasteiger partial charge in [-0.3, -0.25) is 4.79 Å². The molecule has 0 rings (SSSR count). The highest BCUT2D eigenvalue weighted by molar-refractivity contribution is 6.64. The van der Waals surface area contributed by atoms with E-state index in [9.17, 15) is 4.79 Å². The molecule has 0 aromatic rings. The highest BCUT2D eigenvalue weighted by atomic mass is 35.5. The topological polar surface area (TPSA) is 17.1 Å². The van der Waals surface area contributed by atoms with Crippen LogP contribution in [0.2, 0.25) is 0 Å². The second-order valence-electron chi connectivity index (χ2n) is 9.34. The maximum Gasteiger partial charge on any atom is 0.227 e. The highest BCUT2D eigenvalue weighted by Crippen LogP contribution is 2.40. The van der Waals surface area contributed by atoms with Crippen molar-refractivity contribution in [2.75, 3.05) is 0 Å². The van der Waals surface area contributed by atoms with E-state index in [1.165, 1.54) is 6.42 Å². The predicted molar refractivity (Wildman–Crippen MR) is 94.6 cm³/mol. The lowest BCUT2D eigenvalue weighted by Crippen LogP contribution is -2.27. The Morgan fingerprint density at radius 2 is 1.24 bits per heavy atom. The van der Waals surface area contributed by atoms with Crippen LogP contribution in [0.4, 0.5) is 0 Å². The molecule has 0 atom stereocenters. The van der Waals surface area contributed by atoms with E-state index in [4.69, 9.17) is 11.6 Å². The summed E-state index contributed by atoms with van der Waals surface area (Å²) in [5.74, 6) is 0. The Bertz CT molecular complexity index is 386. The molecule has 21 heavy (non-hydrogen) atoms. The van der Waals surface area contributed by atoms with Crippen molar-refractivity contribution in [2.24, 2.45) is 21.7 Å². The van der Waals surface area contributed by atoms with Crippen LogP contribution in [0.3, 0.4) is 0 Å². The summed E-state index contributed by atoms with van der Waals surface area (Å²) in [5, 5.41) is -0.254. The molecular formula is C19H35ClO. The number of hydrogen-bond donors (Lipinski definition) is 0. The fourth-order valence-corrected chi connectivity index (χ4v) is 3.20. The van der Waals surface area contributed by atoms with Crippen molar-refractivity contribution in [1.82, 2.24) is 0 Å². The molecule has 0 aromatic heterocycles. The van der Waals surface area contributed by atoms with Gasteiger partial charge < -0.3 is 0 Å². The van der Waals surface area contributed by atoms with Crippen LogP contribution >= 0.6 is 11.6 Å². The molecule has 124 valence electrons. The molecule has 0 N–H and O–H groups in total. The molecule has 0 saturated carbocycles. The number of rotatable bonds is 8. The first-order chi connectivity index (χ1) is 9.13. The van der Waals surface area contributed by atoms with Crippen LogP contribution in [-0.2, 0) is 4.79 Å². The molecule has 0 radical (unpaired) electrons. The summed E-state index contributed by atoms with van der Waals surface area (Å²) in [6.07, 6.45) is 7.67. The lowest BCUT2D eigenvalue weighted by Gasteiger charge is -2.34. The summed E-state index contributed by atoms with van der Waals surface area (Å²) in [5.41, 5.74) is -0.0147. The Hall–Kier alpha value is -0.300. The van der Waals surface area contributed by atoms with Gasteiger partial charge in [0.05, 0.1) is 0 Å². The van der Waals surface area contributed by atoms with Crippen LogP contribution in [0.15, 0.2) is 12.2 Å². The van der Waals surface area contributed by atoms with E-state index >= 15 is 0 Å². The number of carbonyl (C=O) groups excluding carboxylic acids is 1. The summed E-state index contributed by atoms with van der Waals surface area (Å²) < 4.78 is 0. The number of allylic oxidation sites excluding steroid dienone is 2. The second-order valence-corrected chi connectivity index (χ2v) is 9.68. The summed E-state index contributed by atoms with van der Waals surface area (Å²) in [4.78, 5) is 11.5. The highest BCUT2D eigenvalue weighted by Gasteiger charge is 2.33. The zero-order chi connectivity index (χ0) is 17.1. The Morgan fingerprint density at radius 3 is 1.57 bits per heavy atom. The molecule has 0 aromatic carbocycles. The molecule has 0 saturated heterocycles. The third-order valence-electron chi connectivity index (χ3n) is 4.31. The molecule has 0 heterocycles. The number of halogens is 1. The van der Waals surface area contributed by atoms with Crippen molar-refractivity contribution in [3.63, 3.8) is 0 Å². The average molecular weight is 315 g/mol. The Balaban J connectivity index is 4.96. The van der Waals surface area contributed by atoms with E-state index in [1.807, 2.05) is 13.8 Å². The van der Waals surface area contributed by atoms with Crippen molar-refractivity contribution in [3.8, 4) is 0 Å². The predicted octanol–water partition coefficient (Wildman–Crippen LogP) is 6.60. The summed E-state index contributed by atoms with van der Waals surface area (Å²) >= 11 is 5.71. The third-order valence-corrected chi connectivity index (χ3v) is 4.82. The van der Waals surface area contributed by atoms with Crippen LogP contribution < -0.4 is 0 Å². The van der Waals surface area contributed by atoms with Crippen molar-refractivity contribution >= 4 is 16.8 Å². The zero-order valence-electron chi connectivity index (χ0n) is 15.6. The van der Waals surface area contributed by atoms with Gasteiger partial charge in [-0.05, 0) is 40.7 Å². The molecule has 0 spiro atoms. The lowest BCUT2D eigenvalue weighted by atomic mass is 9.71. The van der Waals surface area contributed by atoms with Crippen molar-refractivity contribution < 1.29 is 4.79 Å². The summed E-state index contributed by atoms with van der Waals surface area (Å²) in [7, 11) is 0. The Kier molecular flexibility index (Phi) is 6.76. The van der Waals surface area contributed by atoms with Gasteiger partial charge in [0.1, 0.15) is 0 Å². The molecule has 0 aliphatic carbocycles. The van der Waals surface area contributed by atoms with Crippen LogP contribution in [0, 0.1) is 21.7 Å². The van der Waals surface area contributed by atoms with Gasteiger partial charge in [0.25, 0.3) is 0 Å². The zero-order valence-corrected chi connectivity index (χ0v) is 16.3. The first-order valence-electron chi connectivity index (χ1n) is 8.03. The van der Waals surface area contributed by atoms with Crippen molar-refractivity contribution in [2.45, 2.75) is 81.6 Å². The molecule has 2 heteroatoms. The van der Waals surface area contributed by atoms with E-state index in [-0.39, 0.29) is 16.1 Å². The minimum absolute atomic E-state index is 0.0400. The van der Waals surface area contributed by atoms with Crippen molar-refractivity contribution in [1.29, 1.82) is 0 Å². The monoisotopic (exact) mass is 314 g/mol. The molecule has 0 bridgehead atoms. The Morgan fingerprint density at radius 1 is 0.857 bits per heavy atom. The van der Waals surface area contributed by atoms with E-state index in [0.29, 0.717) is 5.41 Å². The van der Waals surface area contributed by atoms with Gasteiger partial charge in [0, 0.05) is 5.41 Å². The number of hydrogen-bond acceptors (Lipinski definition) is 1. The first kappa shape index (κ1) is 20.7. The average Bonchev–Trinajstić information content (AvgIpc) is 2.24. The van der Waals surface area contributed by atoms with Crippen LogP contribution in [-0.4, -0.2) is 5.24 Å². The minimum atomic E-state index is -0.484. The maximum absolute atomic E-state index is 11.5. The molecule has 0 amide bonds. The smallest absolute Gasteiger partial charge is 0.227 e. The van der Waals surface area contributed by atoms with Crippen LogP contribution in [0.25, 0.3) is 0 Å². The van der Waals surface area contributed by atoms with Gasteiger partial charge >= 0.3 is 0 Å². The molecule has 0 unspecified atom stereocenters. The van der Waals surface area contributed by atoms with E-state index in [0.717, 1.165) is 12.8 Å². The molecule has 0 fully saturated rings. The SMILES string of the molecule is CCC(C)(C)CC(C)(C)/C=C\C(C)(C)CC(C)(C)C(=O)Cl. The quantitative estimate of drug-likeness (QED) is 0.364. The third kappa shape index (κ3) is 8.04. The summed E-state index contributed by atoms with van der Waals surface area (Å²) in [6.45, 7) is 19.7. The molecule has 1 nitrogen and oxygen atoms in total. The largest absolute Gasteiger partial charge is 0.281 e. The maximum atomic E-state index is 11.5. The fraction of sp³-hybridized carbons (Fsp3) is 0.842. The van der Waals surface area contributed by atoms with Crippen molar-refractivity contribution in [3.05, 3.63) is 12.2 Å². The minimum Gasteiger partial charge on any atom is -0.281 e. The first-order valence-corrected chi connectivity index (χ1v) is 8.41. The van der Waals surface area contributed by atoms with Gasteiger partial charge in [-0.15, -0.1) is 0 Å². The summed E-state index contributed by atoms with van der Waals surface area (Å²) in [6, 6.07) is 0. The van der Waals surface area contributed by atoms with E-state index in [1.54, 1.807) is 0 Å². The number of carbonyl (C=O) groups is 1. The standard InChI is InChI=1S/C19H35ClO/c1-10-16(2,3)13-17(4,5)11-12-18(6,7)14-19(8,9)15(20)21/h11-12H,10,13-14H2,1-9H3/b12-11-. The lowest BCUT2D eigenvalue weighted by molar-refractivity contribution is -0.120.